The molecule has 6 nitrogen and oxygen atoms in total. The van der Waals surface area contributed by atoms with Gasteiger partial charge in [0.2, 0.25) is 5.78 Å². The average molecular weight is 431 g/mol. The van der Waals surface area contributed by atoms with Crippen molar-refractivity contribution in [2.24, 2.45) is 5.92 Å². The second-order valence-corrected chi connectivity index (χ2v) is 8.68. The first-order valence-electron chi connectivity index (χ1n) is 10.7. The summed E-state index contributed by atoms with van der Waals surface area (Å²) < 4.78 is 17.0. The van der Waals surface area contributed by atoms with E-state index in [2.05, 4.69) is 6.58 Å². The lowest BCUT2D eigenvalue weighted by molar-refractivity contribution is -0.157. The van der Waals surface area contributed by atoms with Crippen molar-refractivity contribution in [3.05, 3.63) is 47.1 Å². The van der Waals surface area contributed by atoms with E-state index < -0.39 is 35.7 Å². The minimum Gasteiger partial charge on any atom is -0.454 e. The summed E-state index contributed by atoms with van der Waals surface area (Å²) in [4.78, 5) is 38.0. The van der Waals surface area contributed by atoms with Crippen LogP contribution in [0.5, 0.6) is 0 Å². The highest BCUT2D eigenvalue weighted by Gasteiger charge is 2.66. The Hall–Kier alpha value is -2.47. The summed E-state index contributed by atoms with van der Waals surface area (Å²) in [6, 6.07) is 0. The molecule has 0 unspecified atom stereocenters. The van der Waals surface area contributed by atoms with E-state index in [1.165, 1.54) is 0 Å². The molecule has 0 spiro atoms. The molecule has 170 valence electrons. The fourth-order valence-corrected chi connectivity index (χ4v) is 3.57. The number of ether oxygens (including phenoxy) is 3. The first-order valence-corrected chi connectivity index (χ1v) is 10.7. The molecule has 31 heavy (non-hydrogen) atoms. The summed E-state index contributed by atoms with van der Waals surface area (Å²) in [5.41, 5.74) is 1.59. The number of rotatable bonds is 8. The van der Waals surface area contributed by atoms with Gasteiger partial charge in [-0.3, -0.25) is 4.79 Å². The van der Waals surface area contributed by atoms with Crippen molar-refractivity contribution in [3.8, 4) is 0 Å². The first kappa shape index (κ1) is 24.8. The van der Waals surface area contributed by atoms with Gasteiger partial charge >= 0.3 is 11.9 Å². The molecule has 0 aromatic rings. The second-order valence-electron chi connectivity index (χ2n) is 8.68. The van der Waals surface area contributed by atoms with Gasteiger partial charge in [-0.25, -0.2) is 9.59 Å². The summed E-state index contributed by atoms with van der Waals surface area (Å²) in [6.45, 7) is 16.6. The van der Waals surface area contributed by atoms with Gasteiger partial charge in [0.15, 0.2) is 11.7 Å². The van der Waals surface area contributed by atoms with Crippen LogP contribution in [0.3, 0.4) is 0 Å². The van der Waals surface area contributed by atoms with Crippen LogP contribution in [0.15, 0.2) is 47.1 Å². The molecule has 0 radical (unpaired) electrons. The maximum Gasteiger partial charge on any atom is 0.334 e. The number of carbonyl (C=O) groups excluding carboxylic acids is 3. The van der Waals surface area contributed by atoms with Gasteiger partial charge in [-0.1, -0.05) is 30.4 Å². The third kappa shape index (κ3) is 5.42. The van der Waals surface area contributed by atoms with Crippen molar-refractivity contribution in [1.82, 2.24) is 0 Å². The number of esters is 2. The Kier molecular flexibility index (Phi) is 7.82. The monoisotopic (exact) mass is 430 g/mol. The Balaban J connectivity index is 2.34. The van der Waals surface area contributed by atoms with Crippen LogP contribution in [0.25, 0.3) is 0 Å². The number of carbonyl (C=O) groups is 3. The highest BCUT2D eigenvalue weighted by molar-refractivity contribution is 5.98. The molecule has 0 bridgehead atoms. The zero-order valence-corrected chi connectivity index (χ0v) is 19.6. The van der Waals surface area contributed by atoms with E-state index in [9.17, 15) is 14.4 Å². The van der Waals surface area contributed by atoms with Crippen molar-refractivity contribution < 1.29 is 28.6 Å². The van der Waals surface area contributed by atoms with Crippen LogP contribution in [-0.2, 0) is 28.6 Å². The predicted molar refractivity (Wildman–Crippen MR) is 118 cm³/mol. The van der Waals surface area contributed by atoms with Crippen LogP contribution >= 0.6 is 0 Å². The molecule has 1 heterocycles. The lowest BCUT2D eigenvalue weighted by Crippen LogP contribution is -2.49. The highest BCUT2D eigenvalue weighted by atomic mass is 16.6. The third-order valence-corrected chi connectivity index (χ3v) is 6.15. The van der Waals surface area contributed by atoms with Crippen LogP contribution in [0.2, 0.25) is 0 Å². The van der Waals surface area contributed by atoms with E-state index in [4.69, 9.17) is 14.2 Å². The molecular weight excluding hydrogens is 396 g/mol. The van der Waals surface area contributed by atoms with Gasteiger partial charge in [0.05, 0.1) is 6.10 Å². The summed E-state index contributed by atoms with van der Waals surface area (Å²) >= 11 is 0. The summed E-state index contributed by atoms with van der Waals surface area (Å²) in [5, 5.41) is 0. The molecule has 2 rings (SSSR count). The topological polar surface area (TPSA) is 82.2 Å². The average Bonchev–Trinajstić information content (AvgIpc) is 3.42. The fraction of sp³-hybridized carbons (Fsp3) is 0.560. The van der Waals surface area contributed by atoms with Crippen LogP contribution in [-0.4, -0.2) is 41.6 Å². The predicted octanol–water partition coefficient (Wildman–Crippen LogP) is 4.40. The normalized spacial score (nSPS) is 28.9. The van der Waals surface area contributed by atoms with Gasteiger partial charge in [0, 0.05) is 23.5 Å². The number of Topliss-reactive ketones (excluding diaryl/α,β-unsaturated/α-hetero) is 1. The summed E-state index contributed by atoms with van der Waals surface area (Å²) in [6.07, 6.45) is 4.23. The zero-order chi connectivity index (χ0) is 23.5. The molecule has 0 N–H and O–H groups in total. The molecule has 0 amide bonds. The van der Waals surface area contributed by atoms with Gasteiger partial charge < -0.3 is 14.2 Å². The van der Waals surface area contributed by atoms with Crippen LogP contribution < -0.4 is 0 Å². The fourth-order valence-electron chi connectivity index (χ4n) is 3.57. The molecule has 1 aliphatic heterocycles. The maximum atomic E-state index is 13.1. The number of ketones is 1. The van der Waals surface area contributed by atoms with E-state index >= 15 is 0 Å². The lowest BCUT2D eigenvalue weighted by atomic mass is 9.74. The van der Waals surface area contributed by atoms with Crippen LogP contribution in [0.4, 0.5) is 0 Å². The Morgan fingerprint density at radius 1 is 1.16 bits per heavy atom. The molecular formula is C25H34O6. The van der Waals surface area contributed by atoms with Gasteiger partial charge in [0.1, 0.15) is 6.10 Å². The number of allylic oxidation sites excluding steroid dienone is 3. The SMILES string of the molecule is C=C([C@H](CC=C(C)C)OC(=O)/C(C)=C\C)[C@@H]1C[C@@H]2O[C@]2(C)C(=O)[C@H]1OC(=O)/C(C)=C\C. The molecule has 0 aromatic heterocycles. The number of epoxide rings is 1. The van der Waals surface area contributed by atoms with Crippen LogP contribution in [0.1, 0.15) is 61.3 Å². The van der Waals surface area contributed by atoms with Crippen molar-refractivity contribution in [2.45, 2.75) is 85.2 Å². The van der Waals surface area contributed by atoms with Crippen LogP contribution in [0, 0.1) is 5.92 Å². The molecule has 6 heteroatoms. The van der Waals surface area contributed by atoms with Gasteiger partial charge in [-0.2, -0.15) is 0 Å². The zero-order valence-electron chi connectivity index (χ0n) is 19.6. The van der Waals surface area contributed by atoms with Crippen molar-refractivity contribution in [3.63, 3.8) is 0 Å². The molecule has 1 saturated heterocycles. The Morgan fingerprint density at radius 2 is 1.74 bits per heavy atom. The Morgan fingerprint density at radius 3 is 2.29 bits per heavy atom. The quantitative estimate of drug-likeness (QED) is 0.246. The minimum absolute atomic E-state index is 0.253. The van der Waals surface area contributed by atoms with Crippen molar-refractivity contribution in [1.29, 1.82) is 0 Å². The molecule has 0 aromatic carbocycles. The van der Waals surface area contributed by atoms with E-state index in [0.717, 1.165) is 5.57 Å². The van der Waals surface area contributed by atoms with Gasteiger partial charge in [-0.05, 0) is 60.5 Å². The molecule has 1 aliphatic carbocycles. The second kappa shape index (κ2) is 9.77. The smallest absolute Gasteiger partial charge is 0.334 e. The van der Waals surface area contributed by atoms with Crippen molar-refractivity contribution >= 4 is 17.7 Å². The Labute approximate surface area is 185 Å². The van der Waals surface area contributed by atoms with Gasteiger partial charge in [0.25, 0.3) is 0 Å². The highest BCUT2D eigenvalue weighted by Crippen LogP contribution is 2.50. The maximum absolute atomic E-state index is 13.1. The summed E-state index contributed by atoms with van der Waals surface area (Å²) in [7, 11) is 0. The third-order valence-electron chi connectivity index (χ3n) is 6.15. The van der Waals surface area contributed by atoms with E-state index in [1.807, 2.05) is 19.9 Å². The van der Waals surface area contributed by atoms with E-state index in [0.29, 0.717) is 29.6 Å². The van der Waals surface area contributed by atoms with Gasteiger partial charge in [-0.15, -0.1) is 0 Å². The molecule has 5 atom stereocenters. The Bertz CT molecular complexity index is 857. The minimum atomic E-state index is -1.03. The van der Waals surface area contributed by atoms with Crippen molar-refractivity contribution in [2.75, 3.05) is 0 Å². The number of fused-ring (bicyclic) bond motifs is 1. The molecule has 2 aliphatic rings. The summed E-state index contributed by atoms with van der Waals surface area (Å²) in [5.74, 6) is -1.77. The van der Waals surface area contributed by atoms with E-state index in [1.54, 1.807) is 46.8 Å². The number of hydrogen-bond donors (Lipinski definition) is 0. The number of hydrogen-bond acceptors (Lipinski definition) is 6. The largest absolute Gasteiger partial charge is 0.454 e. The molecule has 2 fully saturated rings. The first-order chi connectivity index (χ1) is 14.5. The standard InChI is InChI=1S/C25H34O6/c1-9-15(5)23(27)29-19(12-11-14(3)4)17(7)18-13-20-25(8,31-20)22(26)21(18)30-24(28)16(6)10-2/h9-11,18-21H,7,12-13H2,1-6,8H3/b15-9-,16-10-/t18-,19-,20-,21-,25-/m0/s1. The molecule has 1 saturated carbocycles. The van der Waals surface area contributed by atoms with E-state index in [-0.39, 0.29) is 11.9 Å². The lowest BCUT2D eigenvalue weighted by Gasteiger charge is -2.34.